The average Bonchev–Trinajstić information content (AvgIpc) is 2.67. The van der Waals surface area contributed by atoms with E-state index in [4.69, 9.17) is 5.73 Å². The lowest BCUT2D eigenvalue weighted by atomic mass is 10.2. The van der Waals surface area contributed by atoms with Gasteiger partial charge in [0.1, 0.15) is 5.84 Å². The minimum absolute atomic E-state index is 0.243. The van der Waals surface area contributed by atoms with Crippen LogP contribution in [0.3, 0.4) is 0 Å². The van der Waals surface area contributed by atoms with Gasteiger partial charge in [-0.2, -0.15) is 16.8 Å². The van der Waals surface area contributed by atoms with Crippen molar-refractivity contribution >= 4 is 39.0 Å². The summed E-state index contributed by atoms with van der Waals surface area (Å²) in [5.74, 6) is 2.00. The van der Waals surface area contributed by atoms with Gasteiger partial charge < -0.3 is 15.5 Å². The van der Waals surface area contributed by atoms with Gasteiger partial charge in [0.25, 0.3) is 5.91 Å². The maximum atomic E-state index is 12.5. The fourth-order valence-corrected chi connectivity index (χ4v) is 5.31. The van der Waals surface area contributed by atoms with Crippen molar-refractivity contribution in [2.24, 2.45) is 10.7 Å². The van der Waals surface area contributed by atoms with E-state index in [1.807, 2.05) is 19.1 Å². The molecule has 0 saturated carbocycles. The number of amides is 1. The van der Waals surface area contributed by atoms with E-state index in [1.165, 1.54) is 6.26 Å². The first-order valence-electron chi connectivity index (χ1n) is 9.21. The third-order valence-electron chi connectivity index (χ3n) is 5.01. The van der Waals surface area contributed by atoms with E-state index in [2.05, 4.69) is 14.8 Å². The summed E-state index contributed by atoms with van der Waals surface area (Å²) < 4.78 is 24.1. The monoisotopic (exact) mass is 422 g/mol. The van der Waals surface area contributed by atoms with Gasteiger partial charge >= 0.3 is 0 Å². The third-order valence-corrected chi connectivity index (χ3v) is 7.14. The Bertz CT molecular complexity index is 917. The Morgan fingerprint density at radius 1 is 1.18 bits per heavy atom. The fourth-order valence-electron chi connectivity index (χ4n) is 3.39. The number of benzene rings is 1. The molecule has 0 radical (unpaired) electrons. The number of piperazine rings is 1. The fraction of sp³-hybridized carbons (Fsp3) is 0.474. The highest BCUT2D eigenvalue weighted by Gasteiger charge is 2.24. The lowest BCUT2D eigenvalue weighted by Crippen LogP contribution is -2.48. The van der Waals surface area contributed by atoms with Crippen LogP contribution in [0.2, 0.25) is 0 Å². The van der Waals surface area contributed by atoms with Crippen LogP contribution in [-0.2, 0) is 14.6 Å². The topological polar surface area (TPSA) is 96.1 Å². The molecule has 0 bridgehead atoms. The molecule has 28 heavy (non-hydrogen) atoms. The van der Waals surface area contributed by atoms with Gasteiger partial charge in [0.15, 0.2) is 9.84 Å². The molecule has 3 rings (SSSR count). The highest BCUT2D eigenvalue weighted by molar-refractivity contribution is 7.99. The highest BCUT2D eigenvalue weighted by atomic mass is 32.2. The largest absolute Gasteiger partial charge is 0.402 e. The minimum atomic E-state index is -3.29. The molecule has 0 atom stereocenters. The zero-order chi connectivity index (χ0) is 20.3. The van der Waals surface area contributed by atoms with Crippen molar-refractivity contribution in [3.05, 3.63) is 35.5 Å². The van der Waals surface area contributed by atoms with Gasteiger partial charge in [0, 0.05) is 49.5 Å². The van der Waals surface area contributed by atoms with Crippen LogP contribution in [-0.4, -0.2) is 69.0 Å². The summed E-state index contributed by atoms with van der Waals surface area (Å²) in [5.41, 5.74) is 7.98. The number of rotatable bonds is 3. The Morgan fingerprint density at radius 3 is 2.50 bits per heavy atom. The Kier molecular flexibility index (Phi) is 6.34. The molecule has 1 aromatic carbocycles. The molecule has 1 aromatic rings. The number of hydrogen-bond donors (Lipinski definition) is 1. The number of sulfone groups is 1. The van der Waals surface area contributed by atoms with Crippen LogP contribution in [0.25, 0.3) is 0 Å². The number of aliphatic imine (C=N–C) groups is 1. The summed E-state index contributed by atoms with van der Waals surface area (Å²) >= 11 is 1.70. The highest BCUT2D eigenvalue weighted by Crippen LogP contribution is 2.26. The van der Waals surface area contributed by atoms with Gasteiger partial charge in [-0.15, -0.1) is 0 Å². The van der Waals surface area contributed by atoms with Crippen LogP contribution < -0.4 is 10.6 Å². The molecule has 2 aliphatic rings. The molecule has 1 fully saturated rings. The normalized spacial score (nSPS) is 19.1. The Labute approximate surface area is 170 Å². The van der Waals surface area contributed by atoms with Crippen molar-refractivity contribution < 1.29 is 13.2 Å². The molecular formula is C19H26N4O3S2. The molecule has 0 aliphatic carbocycles. The molecule has 152 valence electrons. The first kappa shape index (κ1) is 20.7. The van der Waals surface area contributed by atoms with Crippen molar-refractivity contribution in [3.8, 4) is 0 Å². The summed E-state index contributed by atoms with van der Waals surface area (Å²) in [6, 6.07) is 7.07. The van der Waals surface area contributed by atoms with Crippen LogP contribution >= 0.6 is 11.8 Å². The number of thioether (sulfide) groups is 1. The van der Waals surface area contributed by atoms with E-state index in [9.17, 15) is 13.2 Å². The van der Waals surface area contributed by atoms with Gasteiger partial charge in [-0.05, 0) is 31.2 Å². The number of nitrogens with two attached hydrogens (primary N) is 1. The Morgan fingerprint density at radius 2 is 1.86 bits per heavy atom. The van der Waals surface area contributed by atoms with Crippen LogP contribution in [0.4, 0.5) is 5.69 Å². The second-order valence-electron chi connectivity index (χ2n) is 6.98. The van der Waals surface area contributed by atoms with Crippen LogP contribution in [0, 0.1) is 0 Å². The second kappa shape index (κ2) is 8.57. The van der Waals surface area contributed by atoms with Gasteiger partial charge in [-0.25, -0.2) is 8.42 Å². The van der Waals surface area contributed by atoms with Crippen LogP contribution in [0.5, 0.6) is 0 Å². The number of anilines is 1. The maximum Gasteiger partial charge on any atom is 0.277 e. The van der Waals surface area contributed by atoms with Crippen LogP contribution in [0.1, 0.15) is 13.3 Å². The molecule has 2 aliphatic heterocycles. The van der Waals surface area contributed by atoms with E-state index in [0.29, 0.717) is 53.9 Å². The number of carbonyl (C=O) groups is 1. The first-order chi connectivity index (χ1) is 13.3. The molecule has 1 amide bonds. The molecule has 9 heteroatoms. The predicted octanol–water partition coefficient (Wildman–Crippen LogP) is 1.51. The summed E-state index contributed by atoms with van der Waals surface area (Å²) in [4.78, 5) is 21.2. The van der Waals surface area contributed by atoms with Crippen molar-refractivity contribution in [1.29, 1.82) is 0 Å². The summed E-state index contributed by atoms with van der Waals surface area (Å²) in [7, 11) is -3.29. The number of carbonyl (C=O) groups excluding carboxylic acids is 1. The van der Waals surface area contributed by atoms with E-state index in [1.54, 1.807) is 23.9 Å². The van der Waals surface area contributed by atoms with Crippen molar-refractivity contribution in [2.45, 2.75) is 18.2 Å². The van der Waals surface area contributed by atoms with Gasteiger partial charge in [0.05, 0.1) is 10.6 Å². The number of allylic oxidation sites excluding steroid dienone is 1. The molecule has 0 unspecified atom stereocenters. The van der Waals surface area contributed by atoms with Crippen molar-refractivity contribution in [2.75, 3.05) is 48.8 Å². The zero-order valence-corrected chi connectivity index (χ0v) is 17.9. The summed E-state index contributed by atoms with van der Waals surface area (Å²) in [6.07, 6.45) is 1.97. The minimum Gasteiger partial charge on any atom is -0.402 e. The van der Waals surface area contributed by atoms with E-state index in [-0.39, 0.29) is 5.91 Å². The summed E-state index contributed by atoms with van der Waals surface area (Å²) in [6.45, 7) is 4.50. The molecule has 7 nitrogen and oxygen atoms in total. The molecular weight excluding hydrogens is 396 g/mol. The molecule has 0 spiro atoms. The van der Waals surface area contributed by atoms with Crippen molar-refractivity contribution in [1.82, 2.24) is 4.90 Å². The lowest BCUT2D eigenvalue weighted by Gasteiger charge is -2.37. The number of hydrogen-bond acceptors (Lipinski definition) is 6. The standard InChI is InChI=1S/C19H26N4O3S2/c1-14(21-19(24)15-13-27-12-7-16(15)20)22-8-10-23(11-9-22)17-5-3-4-6-18(17)28(2,25)26/h3-6H,7-13,20H2,1-2H3/b21-14+. The third kappa shape index (κ3) is 4.70. The quantitative estimate of drug-likeness (QED) is 0.582. The maximum absolute atomic E-state index is 12.5. The first-order valence-corrected chi connectivity index (χ1v) is 12.3. The van der Waals surface area contributed by atoms with E-state index in [0.717, 1.165) is 17.9 Å². The average molecular weight is 423 g/mol. The number of amidine groups is 1. The van der Waals surface area contributed by atoms with E-state index >= 15 is 0 Å². The second-order valence-corrected chi connectivity index (χ2v) is 10.1. The van der Waals surface area contributed by atoms with Gasteiger partial charge in [-0.1, -0.05) is 12.1 Å². The smallest absolute Gasteiger partial charge is 0.277 e. The number of nitrogens with zero attached hydrogens (tertiary/aromatic N) is 3. The molecule has 2 N–H and O–H groups in total. The van der Waals surface area contributed by atoms with E-state index < -0.39 is 9.84 Å². The van der Waals surface area contributed by atoms with Gasteiger partial charge in [-0.3, -0.25) is 4.79 Å². The van der Waals surface area contributed by atoms with Gasteiger partial charge in [0.2, 0.25) is 0 Å². The van der Waals surface area contributed by atoms with Crippen LogP contribution in [0.15, 0.2) is 45.4 Å². The zero-order valence-electron chi connectivity index (χ0n) is 16.2. The molecule has 0 aromatic heterocycles. The Balaban J connectivity index is 1.68. The van der Waals surface area contributed by atoms with Crippen molar-refractivity contribution in [3.63, 3.8) is 0 Å². The predicted molar refractivity (Wildman–Crippen MR) is 115 cm³/mol. The molecule has 1 saturated heterocycles. The summed E-state index contributed by atoms with van der Waals surface area (Å²) in [5, 5.41) is 0. The molecule has 2 heterocycles. The SMILES string of the molecule is C/C(=N\C(=O)C1=C(N)CCSC1)N1CCN(c2ccccc2S(C)(=O)=O)CC1. The number of para-hydroxylation sites is 1. The Hall–Kier alpha value is -2.00. The lowest BCUT2D eigenvalue weighted by molar-refractivity contribution is -0.114.